The van der Waals surface area contributed by atoms with Crippen molar-refractivity contribution in [1.82, 2.24) is 9.88 Å². The molecule has 116 valence electrons. The van der Waals surface area contributed by atoms with E-state index in [1.165, 1.54) is 0 Å². The normalized spacial score (nSPS) is 18.1. The Kier molecular flexibility index (Phi) is 4.76. The third-order valence-corrected chi connectivity index (χ3v) is 3.64. The van der Waals surface area contributed by atoms with Crippen LogP contribution in [0.3, 0.4) is 0 Å². The second-order valence-corrected chi connectivity index (χ2v) is 7.08. The number of amides is 1. The third-order valence-electron chi connectivity index (χ3n) is 3.21. The van der Waals surface area contributed by atoms with Crippen LogP contribution in [0.1, 0.15) is 32.9 Å². The monoisotopic (exact) mass is 356 g/mol. The van der Waals surface area contributed by atoms with Gasteiger partial charge in [-0.05, 0) is 56.1 Å². The lowest BCUT2D eigenvalue weighted by Crippen LogP contribution is -2.55. The molecule has 1 unspecified atom stereocenters. The number of rotatable bonds is 3. The summed E-state index contributed by atoms with van der Waals surface area (Å²) in [7, 11) is 0. The average molecular weight is 357 g/mol. The van der Waals surface area contributed by atoms with E-state index in [1.807, 2.05) is 33.8 Å². The van der Waals surface area contributed by atoms with Crippen molar-refractivity contribution in [2.75, 3.05) is 13.2 Å². The first-order valence-corrected chi connectivity index (χ1v) is 7.80. The van der Waals surface area contributed by atoms with Gasteiger partial charge in [-0.15, -0.1) is 0 Å². The van der Waals surface area contributed by atoms with Crippen LogP contribution in [0.5, 0.6) is 5.75 Å². The van der Waals surface area contributed by atoms with Crippen molar-refractivity contribution >= 4 is 22.0 Å². The van der Waals surface area contributed by atoms with Crippen LogP contribution in [0, 0.1) is 6.92 Å². The molecule has 6 heteroatoms. The highest BCUT2D eigenvalue weighted by molar-refractivity contribution is 9.10. The van der Waals surface area contributed by atoms with Crippen LogP contribution in [0.15, 0.2) is 16.7 Å². The topological polar surface area (TPSA) is 51.7 Å². The van der Waals surface area contributed by atoms with Gasteiger partial charge in [0.1, 0.15) is 18.0 Å². The van der Waals surface area contributed by atoms with Crippen molar-refractivity contribution in [1.29, 1.82) is 0 Å². The summed E-state index contributed by atoms with van der Waals surface area (Å²) in [4.78, 5) is 18.0. The van der Waals surface area contributed by atoms with Crippen LogP contribution in [0.2, 0.25) is 0 Å². The molecular weight excluding hydrogens is 336 g/mol. The van der Waals surface area contributed by atoms with E-state index in [9.17, 15) is 4.79 Å². The summed E-state index contributed by atoms with van der Waals surface area (Å²) in [6, 6.07) is 1.96. The zero-order chi connectivity index (χ0) is 15.6. The second kappa shape index (κ2) is 6.22. The van der Waals surface area contributed by atoms with Crippen molar-refractivity contribution < 1.29 is 14.3 Å². The number of aryl methyl sites for hydroxylation is 1. The quantitative estimate of drug-likeness (QED) is 0.830. The Morgan fingerprint density at radius 2 is 2.24 bits per heavy atom. The fraction of sp³-hybridized carbons (Fsp3) is 0.600. The Bertz CT molecular complexity index is 528. The van der Waals surface area contributed by atoms with Gasteiger partial charge in [-0.25, -0.2) is 4.79 Å². The van der Waals surface area contributed by atoms with E-state index in [0.29, 0.717) is 6.61 Å². The van der Waals surface area contributed by atoms with Gasteiger partial charge in [0, 0.05) is 17.2 Å². The molecule has 0 bridgehead atoms. The summed E-state index contributed by atoms with van der Waals surface area (Å²) in [5.41, 5.74) is 0.365. The summed E-state index contributed by atoms with van der Waals surface area (Å²) in [6.07, 6.45) is 2.39. The molecule has 2 rings (SSSR count). The first kappa shape index (κ1) is 16.1. The van der Waals surface area contributed by atoms with E-state index in [-0.39, 0.29) is 12.1 Å². The molecule has 2 heterocycles. The van der Waals surface area contributed by atoms with E-state index < -0.39 is 5.60 Å². The van der Waals surface area contributed by atoms with Crippen molar-refractivity contribution in [2.24, 2.45) is 0 Å². The van der Waals surface area contributed by atoms with Crippen LogP contribution in [-0.2, 0) is 4.74 Å². The number of pyridine rings is 1. The molecule has 1 atom stereocenters. The largest absolute Gasteiger partial charge is 0.489 e. The summed E-state index contributed by atoms with van der Waals surface area (Å²) >= 11 is 3.38. The van der Waals surface area contributed by atoms with Crippen LogP contribution < -0.4 is 4.74 Å². The van der Waals surface area contributed by atoms with E-state index in [0.717, 1.165) is 28.9 Å². The summed E-state index contributed by atoms with van der Waals surface area (Å²) < 4.78 is 12.0. The zero-order valence-electron chi connectivity index (χ0n) is 12.9. The minimum Gasteiger partial charge on any atom is -0.489 e. The Labute approximate surface area is 133 Å². The lowest BCUT2D eigenvalue weighted by Gasteiger charge is -2.41. The number of halogens is 1. The molecular formula is C15H21BrN2O3. The van der Waals surface area contributed by atoms with Crippen molar-refractivity contribution in [3.63, 3.8) is 0 Å². The predicted octanol–water partition coefficient (Wildman–Crippen LogP) is 3.54. The number of carbonyl (C=O) groups is 1. The van der Waals surface area contributed by atoms with E-state index in [2.05, 4.69) is 20.9 Å². The van der Waals surface area contributed by atoms with Gasteiger partial charge >= 0.3 is 6.09 Å². The molecule has 1 saturated heterocycles. The highest BCUT2D eigenvalue weighted by Crippen LogP contribution is 2.25. The molecule has 5 nitrogen and oxygen atoms in total. The first-order chi connectivity index (χ1) is 9.76. The van der Waals surface area contributed by atoms with Gasteiger partial charge in [0.05, 0.1) is 11.7 Å². The van der Waals surface area contributed by atoms with E-state index >= 15 is 0 Å². The van der Waals surface area contributed by atoms with Gasteiger partial charge in [0.15, 0.2) is 0 Å². The maximum atomic E-state index is 12.0. The van der Waals surface area contributed by atoms with Crippen molar-refractivity contribution in [2.45, 2.75) is 45.8 Å². The lowest BCUT2D eigenvalue weighted by atomic mass is 10.1. The molecule has 1 aromatic rings. The smallest absolute Gasteiger partial charge is 0.410 e. The number of hydrogen-bond acceptors (Lipinski definition) is 4. The molecule has 0 radical (unpaired) electrons. The molecule has 1 aromatic heterocycles. The Hall–Kier alpha value is -1.30. The van der Waals surface area contributed by atoms with Crippen LogP contribution in [0.25, 0.3) is 0 Å². The molecule has 1 amide bonds. The zero-order valence-corrected chi connectivity index (χ0v) is 14.4. The molecule has 0 spiro atoms. The molecule has 0 saturated carbocycles. The van der Waals surface area contributed by atoms with Gasteiger partial charge in [0.2, 0.25) is 0 Å². The van der Waals surface area contributed by atoms with Gasteiger partial charge in [-0.1, -0.05) is 0 Å². The van der Waals surface area contributed by atoms with Gasteiger partial charge in [-0.2, -0.15) is 0 Å². The van der Waals surface area contributed by atoms with Crippen molar-refractivity contribution in [3.05, 3.63) is 22.4 Å². The molecule has 21 heavy (non-hydrogen) atoms. The molecule has 0 aromatic carbocycles. The molecule has 1 aliphatic heterocycles. The SMILES string of the molecule is Cc1ncc(Br)cc1OCC1CCN1C(=O)OC(C)(C)C. The maximum absolute atomic E-state index is 12.0. The van der Waals surface area contributed by atoms with E-state index in [1.54, 1.807) is 11.1 Å². The summed E-state index contributed by atoms with van der Waals surface area (Å²) in [5, 5.41) is 0. The number of ether oxygens (including phenoxy) is 2. The third kappa shape index (κ3) is 4.33. The number of likely N-dealkylation sites (tertiary alicyclic amines) is 1. The minimum atomic E-state index is -0.469. The lowest BCUT2D eigenvalue weighted by molar-refractivity contribution is -0.0142. The van der Waals surface area contributed by atoms with Gasteiger partial charge < -0.3 is 14.4 Å². The number of carbonyl (C=O) groups excluding carboxylic acids is 1. The molecule has 0 aliphatic carbocycles. The molecule has 1 fully saturated rings. The Balaban J connectivity index is 1.89. The summed E-state index contributed by atoms with van der Waals surface area (Å²) in [5.74, 6) is 0.736. The fourth-order valence-corrected chi connectivity index (χ4v) is 2.31. The summed E-state index contributed by atoms with van der Waals surface area (Å²) in [6.45, 7) is 8.68. The molecule has 0 N–H and O–H groups in total. The fourth-order valence-electron chi connectivity index (χ4n) is 2.00. The predicted molar refractivity (Wildman–Crippen MR) is 83.5 cm³/mol. The highest BCUT2D eigenvalue weighted by Gasteiger charge is 2.35. The van der Waals surface area contributed by atoms with Crippen molar-refractivity contribution in [3.8, 4) is 5.75 Å². The van der Waals surface area contributed by atoms with Crippen LogP contribution in [0.4, 0.5) is 4.79 Å². The highest BCUT2D eigenvalue weighted by atomic mass is 79.9. The second-order valence-electron chi connectivity index (χ2n) is 6.16. The van der Waals surface area contributed by atoms with Gasteiger partial charge in [0.25, 0.3) is 0 Å². The van der Waals surface area contributed by atoms with Crippen LogP contribution in [-0.4, -0.2) is 40.8 Å². The van der Waals surface area contributed by atoms with Gasteiger partial charge in [-0.3, -0.25) is 4.98 Å². The number of aromatic nitrogens is 1. The number of nitrogens with zero attached hydrogens (tertiary/aromatic N) is 2. The first-order valence-electron chi connectivity index (χ1n) is 7.01. The maximum Gasteiger partial charge on any atom is 0.410 e. The standard InChI is InChI=1S/C15H21BrN2O3/c1-10-13(7-11(16)8-17-10)20-9-12-5-6-18(12)14(19)21-15(2,3)4/h7-8,12H,5-6,9H2,1-4H3. The number of hydrogen-bond donors (Lipinski definition) is 0. The average Bonchev–Trinajstić information content (AvgIpc) is 2.29. The Morgan fingerprint density at radius 1 is 1.52 bits per heavy atom. The Morgan fingerprint density at radius 3 is 2.81 bits per heavy atom. The minimum absolute atomic E-state index is 0.0678. The molecule has 1 aliphatic rings. The van der Waals surface area contributed by atoms with Crippen LogP contribution >= 0.6 is 15.9 Å². The van der Waals surface area contributed by atoms with E-state index in [4.69, 9.17) is 9.47 Å².